The molecule has 3 nitrogen and oxygen atoms in total. The first kappa shape index (κ1) is 8.33. The minimum absolute atomic E-state index is 1.20. The number of nitrogens with one attached hydrogen (secondary N) is 1. The van der Waals surface area contributed by atoms with Gasteiger partial charge in [0.1, 0.15) is 0 Å². The first-order valence-corrected chi connectivity index (χ1v) is 3.46. The first-order valence-electron chi connectivity index (χ1n) is 3.46. The van der Waals surface area contributed by atoms with Crippen LogP contribution in [0.1, 0.15) is 0 Å². The highest BCUT2D eigenvalue weighted by Crippen LogP contribution is 2.09. The molecule has 0 amide bonds. The maximum absolute atomic E-state index is 7.50. The Kier molecular flexibility index (Phi) is 2.90. The lowest BCUT2D eigenvalue weighted by molar-refractivity contribution is 1.36. The lowest BCUT2D eigenvalue weighted by atomic mass is 10.2. The third kappa shape index (κ3) is 1.63. The molecule has 0 aliphatic rings. The molecule has 3 heteroatoms. The average molecular weight is 160 g/mol. The largest absolute Gasteiger partial charge is 0.264 e. The van der Waals surface area contributed by atoms with Crippen LogP contribution in [0.4, 0.5) is 0 Å². The summed E-state index contributed by atoms with van der Waals surface area (Å²) in [4.78, 5) is 11.5. The molecule has 0 unspecified atom stereocenters. The van der Waals surface area contributed by atoms with Crippen molar-refractivity contribution in [2.75, 3.05) is 0 Å². The number of fused-ring (bicyclic) bond motifs is 1. The topological polar surface area (TPSA) is 53.8 Å². The third-order valence-corrected chi connectivity index (χ3v) is 1.55. The maximum Gasteiger partial charge on any atom is 0.0346 e. The summed E-state index contributed by atoms with van der Waals surface area (Å²) in [5.41, 5.74) is 4.50. The maximum atomic E-state index is 7.50. The molecule has 0 saturated carbocycles. The zero-order chi connectivity index (χ0) is 8.81. The van der Waals surface area contributed by atoms with Crippen LogP contribution in [0.15, 0.2) is 42.7 Å². The van der Waals surface area contributed by atoms with Gasteiger partial charge in [-0.25, -0.2) is 0 Å². The first-order chi connectivity index (χ1) is 5.97. The number of rotatable bonds is 0. The van der Waals surface area contributed by atoms with Crippen LogP contribution in [0, 0.1) is 10.5 Å². The fourth-order valence-electron chi connectivity index (χ4n) is 1.03. The predicted molar refractivity (Wildman–Crippen MR) is 47.8 cm³/mol. The molecule has 1 heterocycles. The van der Waals surface area contributed by atoms with E-state index in [1.54, 1.807) is 0 Å². The van der Waals surface area contributed by atoms with E-state index in [1.165, 1.54) is 10.8 Å². The summed E-state index contributed by atoms with van der Waals surface area (Å²) in [6.45, 7) is 0. The minimum Gasteiger partial charge on any atom is -0.264 e. The van der Waals surface area contributed by atoms with E-state index < -0.39 is 0 Å². The molecule has 0 atom stereocenters. The summed E-state index contributed by atoms with van der Waals surface area (Å²) in [6, 6.07) is 10.2. The summed E-state index contributed by atoms with van der Waals surface area (Å²) < 4.78 is 0. The second kappa shape index (κ2) is 4.18. The van der Waals surface area contributed by atoms with Gasteiger partial charge in [-0.15, -0.1) is 0 Å². The molecule has 1 aromatic carbocycles. The fourth-order valence-corrected chi connectivity index (χ4v) is 1.03. The van der Waals surface area contributed by atoms with Crippen molar-refractivity contribution >= 4 is 10.8 Å². The van der Waals surface area contributed by atoms with Crippen molar-refractivity contribution in [2.45, 2.75) is 0 Å². The normalized spacial score (nSPS) is 8.67. The standard InChI is InChI=1S/C9H7N.HNO/c1-2-4-9-7-10-6-5-8(9)3-1;1-2/h1-7H;1H. The van der Waals surface area contributed by atoms with Gasteiger partial charge in [-0.3, -0.25) is 4.98 Å². The fraction of sp³-hybridized carbons (Fsp3) is 0. The van der Waals surface area contributed by atoms with E-state index in [2.05, 4.69) is 22.7 Å². The zero-order valence-electron chi connectivity index (χ0n) is 6.40. The molecule has 0 fully saturated rings. The summed E-state index contributed by atoms with van der Waals surface area (Å²) in [7, 11) is 0. The van der Waals surface area contributed by atoms with E-state index in [0.717, 1.165) is 0 Å². The van der Waals surface area contributed by atoms with E-state index >= 15 is 0 Å². The smallest absolute Gasteiger partial charge is 0.0346 e. The molecule has 0 spiro atoms. The van der Waals surface area contributed by atoms with E-state index in [1.807, 2.05) is 30.6 Å². The third-order valence-electron chi connectivity index (χ3n) is 1.55. The number of hydrogen-bond acceptors (Lipinski definition) is 3. The summed E-state index contributed by atoms with van der Waals surface area (Å²) >= 11 is 0. The molecule has 1 aromatic heterocycles. The van der Waals surface area contributed by atoms with E-state index in [0.29, 0.717) is 0 Å². The number of nitrogens with zero attached hydrogens (tertiary/aromatic N) is 1. The van der Waals surface area contributed by atoms with Gasteiger partial charge in [0.05, 0.1) is 0 Å². The van der Waals surface area contributed by atoms with Crippen molar-refractivity contribution in [1.29, 1.82) is 5.59 Å². The molecule has 0 aliphatic heterocycles. The molecule has 1 N–H and O–H groups in total. The van der Waals surface area contributed by atoms with Gasteiger partial charge >= 0.3 is 0 Å². The zero-order valence-corrected chi connectivity index (χ0v) is 6.40. The summed E-state index contributed by atoms with van der Waals surface area (Å²) in [6.07, 6.45) is 3.68. The number of pyridine rings is 1. The Morgan fingerprint density at radius 2 is 1.67 bits per heavy atom. The number of hydrogen-bond donors (Lipinski definition) is 1. The van der Waals surface area contributed by atoms with Crippen LogP contribution >= 0.6 is 0 Å². The highest BCUT2D eigenvalue weighted by atomic mass is 16.2. The van der Waals surface area contributed by atoms with Crippen LogP contribution in [0.5, 0.6) is 0 Å². The molecule has 0 radical (unpaired) electrons. The van der Waals surface area contributed by atoms with Gasteiger partial charge < -0.3 is 0 Å². The average Bonchev–Trinajstić information content (AvgIpc) is 2.21. The Hall–Kier alpha value is -1.77. The molecule has 2 rings (SSSR count). The van der Waals surface area contributed by atoms with Crippen molar-refractivity contribution in [2.24, 2.45) is 0 Å². The SMILES string of the molecule is N=O.c1ccc2cnccc2c1. The van der Waals surface area contributed by atoms with Gasteiger partial charge in [0.25, 0.3) is 0 Å². The van der Waals surface area contributed by atoms with Crippen LogP contribution < -0.4 is 0 Å². The van der Waals surface area contributed by atoms with Crippen molar-refractivity contribution in [3.63, 3.8) is 0 Å². The second-order valence-corrected chi connectivity index (χ2v) is 2.22. The molecular weight excluding hydrogens is 152 g/mol. The number of nitroso groups, excluding NO2 is 1. The van der Waals surface area contributed by atoms with Gasteiger partial charge in [-0.2, -0.15) is 4.91 Å². The second-order valence-electron chi connectivity index (χ2n) is 2.22. The van der Waals surface area contributed by atoms with Crippen LogP contribution in [0.2, 0.25) is 0 Å². The Labute approximate surface area is 69.8 Å². The molecule has 0 bridgehead atoms. The highest BCUT2D eigenvalue weighted by Gasteiger charge is 1.86. The van der Waals surface area contributed by atoms with Gasteiger partial charge in [-0.1, -0.05) is 29.9 Å². The molecule has 0 aliphatic carbocycles. The molecule has 60 valence electrons. The molecular formula is C9H8N2O. The minimum atomic E-state index is 1.20. The Morgan fingerprint density at radius 1 is 1.00 bits per heavy atom. The van der Waals surface area contributed by atoms with E-state index in [4.69, 9.17) is 4.91 Å². The monoisotopic (exact) mass is 160 g/mol. The van der Waals surface area contributed by atoms with Crippen LogP contribution in [0.25, 0.3) is 10.8 Å². The van der Waals surface area contributed by atoms with Gasteiger partial charge in [0, 0.05) is 12.4 Å². The molecule has 12 heavy (non-hydrogen) atoms. The van der Waals surface area contributed by atoms with Crippen molar-refractivity contribution in [3.05, 3.63) is 47.6 Å². The van der Waals surface area contributed by atoms with Gasteiger partial charge in [-0.05, 0) is 16.8 Å². The Morgan fingerprint density at radius 3 is 2.33 bits per heavy atom. The van der Waals surface area contributed by atoms with Gasteiger partial charge in [0.2, 0.25) is 0 Å². The van der Waals surface area contributed by atoms with E-state index in [9.17, 15) is 0 Å². The van der Waals surface area contributed by atoms with Crippen molar-refractivity contribution in [3.8, 4) is 0 Å². The van der Waals surface area contributed by atoms with Crippen LogP contribution in [0.3, 0.4) is 0 Å². The number of aromatic nitrogens is 1. The highest BCUT2D eigenvalue weighted by molar-refractivity contribution is 5.80. The Balaban J connectivity index is 0.000000336. The summed E-state index contributed by atoms with van der Waals surface area (Å²) in [5.74, 6) is 0. The quantitative estimate of drug-likeness (QED) is 0.602. The van der Waals surface area contributed by atoms with Crippen LogP contribution in [-0.4, -0.2) is 4.98 Å². The van der Waals surface area contributed by atoms with Crippen molar-refractivity contribution in [1.82, 2.24) is 4.98 Å². The number of benzene rings is 1. The van der Waals surface area contributed by atoms with Crippen LogP contribution in [-0.2, 0) is 0 Å². The summed E-state index contributed by atoms with van der Waals surface area (Å²) in [5, 5.41) is 2.45. The lowest BCUT2D eigenvalue weighted by Crippen LogP contribution is -1.71. The lowest BCUT2D eigenvalue weighted by Gasteiger charge is -1.91. The van der Waals surface area contributed by atoms with Gasteiger partial charge in [0.15, 0.2) is 0 Å². The Bertz CT molecular complexity index is 297. The van der Waals surface area contributed by atoms with E-state index in [-0.39, 0.29) is 0 Å². The predicted octanol–water partition coefficient (Wildman–Crippen LogP) is 2.57. The molecule has 0 saturated heterocycles. The van der Waals surface area contributed by atoms with Crippen molar-refractivity contribution < 1.29 is 0 Å². The molecule has 2 aromatic rings.